The second-order valence-corrected chi connectivity index (χ2v) is 5.28. The van der Waals surface area contributed by atoms with Crippen molar-refractivity contribution in [1.82, 2.24) is 5.32 Å². The number of amides is 1. The molecule has 1 heterocycles. The normalized spacial score (nSPS) is 17.5. The van der Waals surface area contributed by atoms with E-state index in [-0.39, 0.29) is 12.5 Å². The summed E-state index contributed by atoms with van der Waals surface area (Å²) in [5.74, 6) is -0.777. The van der Waals surface area contributed by atoms with Crippen LogP contribution in [-0.2, 0) is 25.5 Å². The van der Waals surface area contributed by atoms with Crippen molar-refractivity contribution in [3.63, 3.8) is 0 Å². The first-order chi connectivity index (χ1) is 10.1. The van der Waals surface area contributed by atoms with Crippen LogP contribution in [0.15, 0.2) is 24.3 Å². The largest absolute Gasteiger partial charge is 0.454 e. The molecule has 1 saturated heterocycles. The average Bonchev–Trinajstić information content (AvgIpc) is 2.99. The lowest BCUT2D eigenvalue weighted by Crippen LogP contribution is -2.32. The number of hydrogen-bond donors (Lipinski definition) is 1. The molecule has 1 aliphatic heterocycles. The topological polar surface area (TPSA) is 64.6 Å². The standard InChI is InChI=1S/C15H18ClNO4/c16-12-4-1-3-11(9-12)6-7-17-14(18)10-21-15(19)13-5-2-8-20-13/h1,3-4,9,13H,2,5-8,10H2,(H,17,18)/t13-/m1/s1. The monoisotopic (exact) mass is 311 g/mol. The van der Waals surface area contributed by atoms with E-state index in [1.54, 1.807) is 6.07 Å². The quantitative estimate of drug-likeness (QED) is 0.813. The summed E-state index contributed by atoms with van der Waals surface area (Å²) >= 11 is 5.88. The fourth-order valence-corrected chi connectivity index (χ4v) is 2.30. The minimum absolute atomic E-state index is 0.270. The van der Waals surface area contributed by atoms with E-state index < -0.39 is 12.1 Å². The molecule has 1 aromatic carbocycles. The summed E-state index contributed by atoms with van der Waals surface area (Å²) in [6.07, 6.45) is 1.68. The van der Waals surface area contributed by atoms with Crippen LogP contribution in [0.25, 0.3) is 0 Å². The highest BCUT2D eigenvalue weighted by Gasteiger charge is 2.25. The zero-order valence-corrected chi connectivity index (χ0v) is 12.4. The van der Waals surface area contributed by atoms with Crippen LogP contribution >= 0.6 is 11.6 Å². The number of esters is 1. The molecule has 1 aromatic rings. The SMILES string of the molecule is O=C(COC(=O)[C@H]1CCCO1)NCCc1cccc(Cl)c1. The van der Waals surface area contributed by atoms with Gasteiger partial charge in [0.25, 0.3) is 5.91 Å². The maximum atomic E-state index is 11.6. The fourth-order valence-electron chi connectivity index (χ4n) is 2.08. The molecule has 0 radical (unpaired) electrons. The van der Waals surface area contributed by atoms with Gasteiger partial charge in [-0.1, -0.05) is 23.7 Å². The van der Waals surface area contributed by atoms with E-state index in [1.165, 1.54) is 0 Å². The van der Waals surface area contributed by atoms with E-state index in [0.717, 1.165) is 12.0 Å². The van der Waals surface area contributed by atoms with Crippen molar-refractivity contribution < 1.29 is 19.1 Å². The van der Waals surface area contributed by atoms with Gasteiger partial charge < -0.3 is 14.8 Å². The second-order valence-electron chi connectivity index (χ2n) is 4.84. The third kappa shape index (κ3) is 5.36. The number of carbonyl (C=O) groups excluding carboxylic acids is 2. The van der Waals surface area contributed by atoms with Crippen molar-refractivity contribution >= 4 is 23.5 Å². The molecule has 0 spiro atoms. The molecule has 0 aromatic heterocycles. The molecule has 1 amide bonds. The highest BCUT2D eigenvalue weighted by atomic mass is 35.5. The lowest BCUT2D eigenvalue weighted by molar-refractivity contribution is -0.157. The third-order valence-electron chi connectivity index (χ3n) is 3.16. The van der Waals surface area contributed by atoms with Crippen molar-refractivity contribution in [1.29, 1.82) is 0 Å². The maximum Gasteiger partial charge on any atom is 0.335 e. The second kappa shape index (κ2) is 8.00. The van der Waals surface area contributed by atoms with Crippen LogP contribution in [0.4, 0.5) is 0 Å². The van der Waals surface area contributed by atoms with Gasteiger partial charge in [-0.15, -0.1) is 0 Å². The van der Waals surface area contributed by atoms with Gasteiger partial charge >= 0.3 is 5.97 Å². The predicted octanol–water partition coefficient (Wildman–Crippen LogP) is 1.72. The molecule has 0 aliphatic carbocycles. The fraction of sp³-hybridized carbons (Fsp3) is 0.467. The van der Waals surface area contributed by atoms with Gasteiger partial charge in [-0.2, -0.15) is 0 Å². The number of rotatable bonds is 6. The van der Waals surface area contributed by atoms with E-state index in [2.05, 4.69) is 5.32 Å². The number of halogens is 1. The number of benzene rings is 1. The summed E-state index contributed by atoms with van der Waals surface area (Å²) in [5.41, 5.74) is 1.04. The van der Waals surface area contributed by atoms with Gasteiger partial charge in [0.15, 0.2) is 12.7 Å². The summed E-state index contributed by atoms with van der Waals surface area (Å²) in [6.45, 7) is 0.774. The van der Waals surface area contributed by atoms with Crippen LogP contribution in [-0.4, -0.2) is 37.7 Å². The minimum Gasteiger partial charge on any atom is -0.454 e. The molecular formula is C15H18ClNO4. The zero-order chi connectivity index (χ0) is 15.1. The molecule has 2 rings (SSSR count). The van der Waals surface area contributed by atoms with Gasteiger partial charge in [0.1, 0.15) is 0 Å². The molecule has 1 atom stereocenters. The Bertz CT molecular complexity index is 500. The van der Waals surface area contributed by atoms with Gasteiger partial charge in [0.05, 0.1) is 0 Å². The predicted molar refractivity (Wildman–Crippen MR) is 78.1 cm³/mol. The van der Waals surface area contributed by atoms with Crippen LogP contribution in [0, 0.1) is 0 Å². The van der Waals surface area contributed by atoms with Crippen LogP contribution in [0.1, 0.15) is 18.4 Å². The average molecular weight is 312 g/mol. The van der Waals surface area contributed by atoms with E-state index in [0.29, 0.717) is 31.0 Å². The molecule has 21 heavy (non-hydrogen) atoms. The van der Waals surface area contributed by atoms with Crippen LogP contribution in [0.3, 0.4) is 0 Å². The molecule has 0 unspecified atom stereocenters. The minimum atomic E-state index is -0.510. The van der Waals surface area contributed by atoms with Gasteiger partial charge in [0, 0.05) is 18.2 Å². The highest BCUT2D eigenvalue weighted by Crippen LogP contribution is 2.13. The smallest absolute Gasteiger partial charge is 0.335 e. The first kappa shape index (κ1) is 15.8. The van der Waals surface area contributed by atoms with Crippen LogP contribution in [0.2, 0.25) is 5.02 Å². The number of nitrogens with one attached hydrogen (secondary N) is 1. The molecule has 1 N–H and O–H groups in total. The Balaban J connectivity index is 1.62. The van der Waals surface area contributed by atoms with Gasteiger partial charge in [0.2, 0.25) is 0 Å². The van der Waals surface area contributed by atoms with Gasteiger partial charge in [-0.05, 0) is 37.0 Å². The first-order valence-corrected chi connectivity index (χ1v) is 7.32. The van der Waals surface area contributed by atoms with Crippen molar-refractivity contribution in [3.05, 3.63) is 34.9 Å². The number of hydrogen-bond acceptors (Lipinski definition) is 4. The van der Waals surface area contributed by atoms with E-state index >= 15 is 0 Å². The molecule has 0 saturated carbocycles. The van der Waals surface area contributed by atoms with E-state index in [1.807, 2.05) is 18.2 Å². The van der Waals surface area contributed by atoms with E-state index in [9.17, 15) is 9.59 Å². The molecular weight excluding hydrogens is 294 g/mol. The Hall–Kier alpha value is -1.59. The summed E-state index contributed by atoms with van der Waals surface area (Å²) in [5, 5.41) is 3.37. The summed E-state index contributed by atoms with van der Waals surface area (Å²) in [7, 11) is 0. The first-order valence-electron chi connectivity index (χ1n) is 6.94. The Morgan fingerprint density at radius 3 is 3.00 bits per heavy atom. The molecule has 114 valence electrons. The Labute approximate surface area is 128 Å². The van der Waals surface area contributed by atoms with Crippen molar-refractivity contribution in [3.8, 4) is 0 Å². The zero-order valence-electron chi connectivity index (χ0n) is 11.6. The van der Waals surface area contributed by atoms with Crippen molar-refractivity contribution in [2.45, 2.75) is 25.4 Å². The number of carbonyl (C=O) groups is 2. The molecule has 6 heteroatoms. The van der Waals surface area contributed by atoms with Crippen molar-refractivity contribution in [2.75, 3.05) is 19.8 Å². The van der Waals surface area contributed by atoms with Gasteiger partial charge in [-0.3, -0.25) is 4.79 Å². The maximum absolute atomic E-state index is 11.6. The number of ether oxygens (including phenoxy) is 2. The Morgan fingerprint density at radius 1 is 1.43 bits per heavy atom. The van der Waals surface area contributed by atoms with Gasteiger partial charge in [-0.25, -0.2) is 4.79 Å². The lowest BCUT2D eigenvalue weighted by atomic mass is 10.1. The summed E-state index contributed by atoms with van der Waals surface area (Å²) in [4.78, 5) is 23.1. The van der Waals surface area contributed by atoms with E-state index in [4.69, 9.17) is 21.1 Å². The highest BCUT2D eigenvalue weighted by molar-refractivity contribution is 6.30. The summed E-state index contributed by atoms with van der Waals surface area (Å²) in [6, 6.07) is 7.46. The molecule has 0 bridgehead atoms. The van der Waals surface area contributed by atoms with Crippen molar-refractivity contribution in [2.24, 2.45) is 0 Å². The molecule has 1 fully saturated rings. The Morgan fingerprint density at radius 2 is 2.29 bits per heavy atom. The molecule has 1 aliphatic rings. The van der Waals surface area contributed by atoms with Crippen LogP contribution < -0.4 is 5.32 Å². The lowest BCUT2D eigenvalue weighted by Gasteiger charge is -2.10. The molecule has 5 nitrogen and oxygen atoms in total. The van der Waals surface area contributed by atoms with Crippen LogP contribution in [0.5, 0.6) is 0 Å². The third-order valence-corrected chi connectivity index (χ3v) is 3.40. The summed E-state index contributed by atoms with van der Waals surface area (Å²) < 4.78 is 10.1. The Kier molecular flexibility index (Phi) is 6.02.